The quantitative estimate of drug-likeness (QED) is 0.422. The minimum atomic E-state index is -0.478. The van der Waals surface area contributed by atoms with Crippen LogP contribution in [0.25, 0.3) is 11.6 Å². The number of carbonyl (C=O) groups is 2. The van der Waals surface area contributed by atoms with E-state index in [9.17, 15) is 9.59 Å². The highest BCUT2D eigenvalue weighted by Crippen LogP contribution is 2.38. The largest absolute Gasteiger partial charge is 0.366 e. The van der Waals surface area contributed by atoms with E-state index in [1.807, 2.05) is 49.4 Å². The van der Waals surface area contributed by atoms with Crippen LogP contribution >= 0.6 is 12.2 Å². The summed E-state index contributed by atoms with van der Waals surface area (Å²) in [4.78, 5) is 29.8. The van der Waals surface area contributed by atoms with Gasteiger partial charge in [0.25, 0.3) is 11.8 Å². The molecule has 32 heavy (non-hydrogen) atoms. The Labute approximate surface area is 194 Å². The molecular formula is C26H27N3O2S. The molecule has 1 saturated heterocycles. The second-order valence-corrected chi connectivity index (χ2v) is 9.14. The molecule has 6 heteroatoms. The molecule has 2 aliphatic heterocycles. The SMILES string of the molecule is CCc1ccccc1N1C(=O)/C(=C\c2ccc3c(c2)C(C)=CC(C)(C)N3C)C(=O)NC1=S. The molecule has 164 valence electrons. The molecule has 1 N–H and O–H groups in total. The Morgan fingerprint density at radius 3 is 2.53 bits per heavy atom. The van der Waals surface area contributed by atoms with E-state index in [1.54, 1.807) is 6.08 Å². The van der Waals surface area contributed by atoms with E-state index >= 15 is 0 Å². The number of rotatable bonds is 3. The molecule has 0 aliphatic carbocycles. The van der Waals surface area contributed by atoms with Crippen molar-refractivity contribution in [1.82, 2.24) is 5.32 Å². The predicted molar refractivity (Wildman–Crippen MR) is 135 cm³/mol. The van der Waals surface area contributed by atoms with E-state index in [1.165, 1.54) is 10.5 Å². The number of likely N-dealkylation sites (N-methyl/N-ethyl adjacent to an activating group) is 1. The van der Waals surface area contributed by atoms with E-state index in [0.717, 1.165) is 28.8 Å². The maximum Gasteiger partial charge on any atom is 0.270 e. The number of hydrogen-bond donors (Lipinski definition) is 1. The first kappa shape index (κ1) is 22.0. The number of aryl methyl sites for hydroxylation is 1. The highest BCUT2D eigenvalue weighted by atomic mass is 32.1. The van der Waals surface area contributed by atoms with E-state index in [0.29, 0.717) is 5.69 Å². The zero-order valence-electron chi connectivity index (χ0n) is 19.0. The van der Waals surface area contributed by atoms with E-state index in [4.69, 9.17) is 12.2 Å². The lowest BCUT2D eigenvalue weighted by molar-refractivity contribution is -0.122. The first-order valence-corrected chi connectivity index (χ1v) is 11.1. The van der Waals surface area contributed by atoms with E-state index < -0.39 is 11.8 Å². The number of anilines is 2. The number of benzene rings is 2. The Kier molecular flexibility index (Phi) is 5.51. The van der Waals surface area contributed by atoms with E-state index in [2.05, 4.69) is 44.1 Å². The summed E-state index contributed by atoms with van der Waals surface area (Å²) in [6.45, 7) is 8.45. The molecule has 0 unspecified atom stereocenters. The zero-order valence-corrected chi connectivity index (χ0v) is 19.8. The lowest BCUT2D eigenvalue weighted by Gasteiger charge is -2.40. The maximum atomic E-state index is 13.4. The van der Waals surface area contributed by atoms with Gasteiger partial charge in [0.2, 0.25) is 0 Å². The number of fused-ring (bicyclic) bond motifs is 1. The molecule has 0 radical (unpaired) electrons. The predicted octanol–water partition coefficient (Wildman–Crippen LogP) is 4.71. The fraction of sp³-hybridized carbons (Fsp3) is 0.269. The smallest absolute Gasteiger partial charge is 0.270 e. The van der Waals surface area contributed by atoms with Crippen LogP contribution in [0.2, 0.25) is 0 Å². The molecule has 0 saturated carbocycles. The van der Waals surface area contributed by atoms with Crippen molar-refractivity contribution in [3.8, 4) is 0 Å². The van der Waals surface area contributed by atoms with Crippen molar-refractivity contribution in [2.75, 3.05) is 16.8 Å². The second kappa shape index (κ2) is 8.02. The molecule has 5 nitrogen and oxygen atoms in total. The van der Waals surface area contributed by atoms with Crippen LogP contribution in [0.3, 0.4) is 0 Å². The molecule has 0 spiro atoms. The van der Waals surface area contributed by atoms with Gasteiger partial charge in [-0.1, -0.05) is 37.3 Å². The molecule has 2 aromatic rings. The van der Waals surface area contributed by atoms with Gasteiger partial charge in [-0.05, 0) is 80.4 Å². The van der Waals surface area contributed by atoms with Gasteiger partial charge in [0.05, 0.1) is 11.2 Å². The van der Waals surface area contributed by atoms with Gasteiger partial charge in [-0.3, -0.25) is 19.8 Å². The summed E-state index contributed by atoms with van der Waals surface area (Å²) in [7, 11) is 2.07. The Balaban J connectivity index is 1.76. The number of thiocarbonyl (C=S) groups is 1. The third kappa shape index (κ3) is 3.65. The number of nitrogens with zero attached hydrogens (tertiary/aromatic N) is 2. The third-order valence-corrected chi connectivity index (χ3v) is 6.55. The van der Waals surface area contributed by atoms with Gasteiger partial charge < -0.3 is 4.90 Å². The van der Waals surface area contributed by atoms with Crippen LogP contribution in [0.4, 0.5) is 11.4 Å². The second-order valence-electron chi connectivity index (χ2n) is 8.76. The summed E-state index contributed by atoms with van der Waals surface area (Å²) in [5.41, 5.74) is 5.84. The topological polar surface area (TPSA) is 52.7 Å². The molecular weight excluding hydrogens is 418 g/mol. The first-order valence-electron chi connectivity index (χ1n) is 10.7. The van der Waals surface area contributed by atoms with E-state index in [-0.39, 0.29) is 16.2 Å². The minimum absolute atomic E-state index is 0.0654. The van der Waals surface area contributed by atoms with Crippen molar-refractivity contribution in [3.05, 3.63) is 70.8 Å². The van der Waals surface area contributed by atoms with Gasteiger partial charge in [0.15, 0.2) is 5.11 Å². The lowest BCUT2D eigenvalue weighted by Crippen LogP contribution is -2.54. The molecule has 2 aliphatic rings. The molecule has 2 heterocycles. The summed E-state index contributed by atoms with van der Waals surface area (Å²) in [6, 6.07) is 13.6. The van der Waals surface area contributed by atoms with Crippen molar-refractivity contribution in [3.63, 3.8) is 0 Å². The summed E-state index contributed by atoms with van der Waals surface area (Å²) in [6.07, 6.45) is 4.62. The number of para-hydroxylation sites is 1. The number of hydrogen-bond acceptors (Lipinski definition) is 4. The number of carbonyl (C=O) groups excluding carboxylic acids is 2. The Morgan fingerprint density at radius 2 is 1.81 bits per heavy atom. The van der Waals surface area contributed by atoms with Crippen LogP contribution in [-0.2, 0) is 16.0 Å². The molecule has 0 aromatic heterocycles. The van der Waals surface area contributed by atoms with Gasteiger partial charge in [0, 0.05) is 18.3 Å². The van der Waals surface area contributed by atoms with Crippen molar-refractivity contribution in [2.24, 2.45) is 0 Å². The Hall–Kier alpha value is -3.25. The standard InChI is InChI=1S/C26H27N3O2S/c1-6-18-9-7-8-10-21(18)29-24(31)20(23(30)27-25(29)32)14-17-11-12-22-19(13-17)16(2)15-26(3,4)28(22)5/h7-15H,6H2,1-5H3,(H,27,30,32)/b20-14-. The van der Waals surface area contributed by atoms with Gasteiger partial charge in [-0.25, -0.2) is 0 Å². The zero-order chi connectivity index (χ0) is 23.2. The Morgan fingerprint density at radius 1 is 1.09 bits per heavy atom. The summed E-state index contributed by atoms with van der Waals surface area (Å²) >= 11 is 5.35. The van der Waals surface area contributed by atoms with Crippen molar-refractivity contribution < 1.29 is 9.59 Å². The van der Waals surface area contributed by atoms with Gasteiger partial charge in [0.1, 0.15) is 5.57 Å². The molecule has 2 amide bonds. The summed E-state index contributed by atoms with van der Waals surface area (Å²) in [5.74, 6) is -0.892. The third-order valence-electron chi connectivity index (χ3n) is 6.27. The average Bonchev–Trinajstić information content (AvgIpc) is 2.75. The molecule has 0 bridgehead atoms. The van der Waals surface area contributed by atoms with Crippen LogP contribution in [-0.4, -0.2) is 29.5 Å². The van der Waals surface area contributed by atoms with Gasteiger partial charge in [-0.15, -0.1) is 0 Å². The lowest BCUT2D eigenvalue weighted by atomic mass is 9.88. The average molecular weight is 446 g/mol. The van der Waals surface area contributed by atoms with Crippen LogP contribution in [0.5, 0.6) is 0 Å². The van der Waals surface area contributed by atoms with Gasteiger partial charge in [-0.2, -0.15) is 0 Å². The molecule has 2 aromatic carbocycles. The fourth-order valence-electron chi connectivity index (χ4n) is 4.34. The molecule has 4 rings (SSSR count). The molecule has 0 atom stereocenters. The number of allylic oxidation sites excluding steroid dienone is 1. The number of amides is 2. The number of nitrogens with one attached hydrogen (secondary N) is 1. The fourth-order valence-corrected chi connectivity index (χ4v) is 4.61. The summed E-state index contributed by atoms with van der Waals surface area (Å²) in [5, 5.41) is 2.78. The summed E-state index contributed by atoms with van der Waals surface area (Å²) < 4.78 is 0. The Bertz CT molecular complexity index is 1210. The van der Waals surface area contributed by atoms with Crippen LogP contribution in [0.1, 0.15) is 44.4 Å². The highest BCUT2D eigenvalue weighted by molar-refractivity contribution is 7.80. The van der Waals surface area contributed by atoms with Crippen LogP contribution < -0.4 is 15.1 Å². The highest BCUT2D eigenvalue weighted by Gasteiger charge is 2.35. The van der Waals surface area contributed by atoms with Gasteiger partial charge >= 0.3 is 0 Å². The normalized spacial score (nSPS) is 19.1. The minimum Gasteiger partial charge on any atom is -0.366 e. The van der Waals surface area contributed by atoms with Crippen LogP contribution in [0, 0.1) is 0 Å². The van der Waals surface area contributed by atoms with Crippen molar-refractivity contribution in [1.29, 1.82) is 0 Å². The maximum absolute atomic E-state index is 13.4. The monoisotopic (exact) mass is 445 g/mol. The first-order chi connectivity index (χ1) is 15.1. The van der Waals surface area contributed by atoms with Crippen LogP contribution in [0.15, 0.2) is 54.1 Å². The van der Waals surface area contributed by atoms with Crippen molar-refractivity contribution in [2.45, 2.75) is 39.7 Å². The molecule has 1 fully saturated rings. The van der Waals surface area contributed by atoms with Crippen molar-refractivity contribution >= 4 is 52.2 Å².